The number of nitrogens with two attached hydrogens (primary N) is 1. The number of methoxy groups -OCH3 is 1. The molecule has 0 rings (SSSR count). The van der Waals surface area contributed by atoms with E-state index in [2.05, 4.69) is 18.6 Å². The van der Waals surface area contributed by atoms with Gasteiger partial charge in [-0.3, -0.25) is 4.79 Å². The van der Waals surface area contributed by atoms with Crippen LogP contribution in [0.3, 0.4) is 0 Å². The van der Waals surface area contributed by atoms with Gasteiger partial charge in [0, 0.05) is 6.92 Å². The van der Waals surface area contributed by atoms with Crippen LogP contribution in [0.1, 0.15) is 47.5 Å². The molecular formula is C11H27NO2. The summed E-state index contributed by atoms with van der Waals surface area (Å²) in [4.78, 5) is 9.59. The molecule has 0 aromatic carbocycles. The van der Waals surface area contributed by atoms with Crippen LogP contribution in [-0.4, -0.2) is 19.6 Å². The summed E-state index contributed by atoms with van der Waals surface area (Å²) in [5, 5.41) is 0. The van der Waals surface area contributed by atoms with Gasteiger partial charge >= 0.3 is 5.97 Å². The molecule has 3 heteroatoms. The van der Waals surface area contributed by atoms with Crippen LogP contribution in [0.15, 0.2) is 0 Å². The zero-order valence-electron chi connectivity index (χ0n) is 10.6. The highest BCUT2D eigenvalue weighted by Crippen LogP contribution is 2.00. The van der Waals surface area contributed by atoms with Gasteiger partial charge in [-0.05, 0) is 25.3 Å². The van der Waals surface area contributed by atoms with Crippen molar-refractivity contribution in [3.05, 3.63) is 0 Å². The third-order valence-corrected chi connectivity index (χ3v) is 1.27. The average Bonchev–Trinajstić information content (AvgIpc) is 2.18. The molecule has 0 radical (unpaired) electrons. The van der Waals surface area contributed by atoms with Crippen molar-refractivity contribution in [1.29, 1.82) is 0 Å². The number of esters is 1. The minimum absolute atomic E-state index is 0.245. The van der Waals surface area contributed by atoms with Gasteiger partial charge < -0.3 is 10.5 Å². The van der Waals surface area contributed by atoms with Crippen LogP contribution < -0.4 is 5.73 Å². The van der Waals surface area contributed by atoms with E-state index in [1.54, 1.807) is 0 Å². The molecule has 0 saturated carbocycles. The number of hydrogen-bond donors (Lipinski definition) is 1. The van der Waals surface area contributed by atoms with Gasteiger partial charge in [0.25, 0.3) is 0 Å². The largest absolute Gasteiger partial charge is 0.469 e. The Morgan fingerprint density at radius 3 is 1.79 bits per heavy atom. The van der Waals surface area contributed by atoms with Crippen molar-refractivity contribution in [2.24, 2.45) is 11.7 Å². The zero-order chi connectivity index (χ0) is 12.0. The summed E-state index contributed by atoms with van der Waals surface area (Å²) < 4.78 is 4.11. The van der Waals surface area contributed by atoms with E-state index >= 15 is 0 Å². The minimum Gasteiger partial charge on any atom is -0.469 e. The predicted octanol–water partition coefficient (Wildman–Crippen LogP) is 2.59. The summed E-state index contributed by atoms with van der Waals surface area (Å²) in [7, 11) is 1.35. The Morgan fingerprint density at radius 2 is 1.71 bits per heavy atom. The number of hydrogen-bond acceptors (Lipinski definition) is 3. The van der Waals surface area contributed by atoms with Gasteiger partial charge in [0.2, 0.25) is 0 Å². The van der Waals surface area contributed by atoms with Crippen LogP contribution >= 0.6 is 0 Å². The van der Waals surface area contributed by atoms with Gasteiger partial charge in [-0.2, -0.15) is 0 Å². The van der Waals surface area contributed by atoms with E-state index in [0.717, 1.165) is 12.5 Å². The fraction of sp³-hybridized carbons (Fsp3) is 0.909. The first kappa shape index (κ1) is 19.1. The van der Waals surface area contributed by atoms with Crippen molar-refractivity contribution >= 4 is 5.97 Å². The predicted molar refractivity (Wildman–Crippen MR) is 62.2 cm³/mol. The lowest BCUT2D eigenvalue weighted by Crippen LogP contribution is -1.99. The third kappa shape index (κ3) is 42.2. The summed E-state index contributed by atoms with van der Waals surface area (Å²) in [6.07, 6.45) is 2.45. The minimum atomic E-state index is -0.245. The molecule has 3 nitrogen and oxygen atoms in total. The molecule has 0 amide bonds. The van der Waals surface area contributed by atoms with E-state index in [9.17, 15) is 4.79 Å². The van der Waals surface area contributed by atoms with Gasteiger partial charge in [-0.1, -0.05) is 27.7 Å². The molecule has 0 saturated heterocycles. The van der Waals surface area contributed by atoms with Crippen LogP contribution in [0.5, 0.6) is 0 Å². The van der Waals surface area contributed by atoms with Gasteiger partial charge in [0.05, 0.1) is 7.11 Å². The van der Waals surface area contributed by atoms with Crippen molar-refractivity contribution in [1.82, 2.24) is 0 Å². The van der Waals surface area contributed by atoms with Crippen molar-refractivity contribution in [3.63, 3.8) is 0 Å². The third-order valence-electron chi connectivity index (χ3n) is 1.27. The van der Waals surface area contributed by atoms with E-state index < -0.39 is 0 Å². The van der Waals surface area contributed by atoms with E-state index in [0.29, 0.717) is 0 Å². The molecule has 0 unspecified atom stereocenters. The highest BCUT2D eigenvalue weighted by molar-refractivity contribution is 5.65. The Kier molecular flexibility index (Phi) is 24.9. The van der Waals surface area contributed by atoms with Gasteiger partial charge in [0.15, 0.2) is 0 Å². The summed E-state index contributed by atoms with van der Waals surface area (Å²) in [5.74, 6) is 0.577. The number of rotatable bonds is 3. The molecular weight excluding hydrogens is 178 g/mol. The SMILES string of the molecule is CC.CC(C)CCCN.COC(C)=O. The fourth-order valence-corrected chi connectivity index (χ4v) is 0.526. The van der Waals surface area contributed by atoms with E-state index in [4.69, 9.17) is 5.73 Å². The second kappa shape index (κ2) is 18.3. The molecule has 0 spiro atoms. The topological polar surface area (TPSA) is 52.3 Å². The van der Waals surface area contributed by atoms with Crippen LogP contribution in [0.25, 0.3) is 0 Å². The average molecular weight is 205 g/mol. The number of ether oxygens (including phenoxy) is 1. The van der Waals surface area contributed by atoms with E-state index in [1.807, 2.05) is 13.8 Å². The fourth-order valence-electron chi connectivity index (χ4n) is 0.526. The Morgan fingerprint density at radius 1 is 1.36 bits per heavy atom. The standard InChI is InChI=1S/C6H15N.C3H6O2.C2H6/c1-6(2)4-3-5-7;1-3(4)5-2;1-2/h6H,3-5,7H2,1-2H3;1-2H3;1-2H3. The lowest BCUT2D eigenvalue weighted by atomic mass is 10.1. The maximum Gasteiger partial charge on any atom is 0.302 e. The van der Waals surface area contributed by atoms with Gasteiger partial charge in [0.1, 0.15) is 0 Å². The highest BCUT2D eigenvalue weighted by atomic mass is 16.5. The Balaban J connectivity index is -0.000000152. The summed E-state index contributed by atoms with van der Waals surface area (Å²) in [5.41, 5.74) is 5.28. The molecule has 0 heterocycles. The van der Waals surface area contributed by atoms with Crippen molar-refractivity contribution < 1.29 is 9.53 Å². The molecule has 0 aliphatic heterocycles. The maximum absolute atomic E-state index is 9.59. The molecule has 0 aliphatic carbocycles. The second-order valence-electron chi connectivity index (χ2n) is 3.02. The molecule has 0 aromatic rings. The van der Waals surface area contributed by atoms with Crippen LogP contribution in [0.2, 0.25) is 0 Å². The quantitative estimate of drug-likeness (QED) is 0.720. The molecule has 0 bridgehead atoms. The van der Waals surface area contributed by atoms with Gasteiger partial charge in [-0.15, -0.1) is 0 Å². The summed E-state index contributed by atoms with van der Waals surface area (Å²) in [6, 6.07) is 0. The lowest BCUT2D eigenvalue weighted by Gasteiger charge is -1.98. The van der Waals surface area contributed by atoms with Crippen LogP contribution in [0.4, 0.5) is 0 Å². The Bertz CT molecular complexity index is 103. The molecule has 14 heavy (non-hydrogen) atoms. The lowest BCUT2D eigenvalue weighted by molar-refractivity contribution is -0.137. The Hall–Kier alpha value is -0.570. The normalized spacial score (nSPS) is 8.00. The van der Waals surface area contributed by atoms with Crippen LogP contribution in [-0.2, 0) is 9.53 Å². The van der Waals surface area contributed by atoms with Crippen LogP contribution in [0, 0.1) is 5.92 Å². The maximum atomic E-state index is 9.59. The van der Waals surface area contributed by atoms with Crippen molar-refractivity contribution in [2.75, 3.05) is 13.7 Å². The first-order valence-electron chi connectivity index (χ1n) is 5.29. The van der Waals surface area contributed by atoms with Gasteiger partial charge in [-0.25, -0.2) is 0 Å². The molecule has 88 valence electrons. The monoisotopic (exact) mass is 205 g/mol. The first-order valence-corrected chi connectivity index (χ1v) is 5.29. The number of carbonyl (C=O) groups is 1. The van der Waals surface area contributed by atoms with E-state index in [1.165, 1.54) is 26.9 Å². The molecule has 0 aliphatic rings. The highest BCUT2D eigenvalue weighted by Gasteiger charge is 1.88. The zero-order valence-corrected chi connectivity index (χ0v) is 10.6. The van der Waals surface area contributed by atoms with Crippen molar-refractivity contribution in [2.45, 2.75) is 47.5 Å². The van der Waals surface area contributed by atoms with E-state index in [-0.39, 0.29) is 5.97 Å². The summed E-state index contributed by atoms with van der Waals surface area (Å²) >= 11 is 0. The molecule has 2 N–H and O–H groups in total. The second-order valence-corrected chi connectivity index (χ2v) is 3.02. The smallest absolute Gasteiger partial charge is 0.302 e. The molecule has 0 fully saturated rings. The first-order chi connectivity index (χ1) is 6.54. The summed E-state index contributed by atoms with van der Waals surface area (Å²) in [6.45, 7) is 10.6. The Labute approximate surface area is 89.0 Å². The molecule has 0 atom stereocenters. The van der Waals surface area contributed by atoms with Crippen molar-refractivity contribution in [3.8, 4) is 0 Å². The molecule has 0 aromatic heterocycles. The number of carbonyl (C=O) groups excluding carboxylic acids is 1.